The van der Waals surface area contributed by atoms with E-state index in [0.29, 0.717) is 12.8 Å². The summed E-state index contributed by atoms with van der Waals surface area (Å²) < 4.78 is 27.7. The van der Waals surface area contributed by atoms with Gasteiger partial charge in [0, 0.05) is 6.42 Å². The molecule has 1 aliphatic carbocycles. The van der Waals surface area contributed by atoms with Gasteiger partial charge in [-0.1, -0.05) is 11.6 Å². The third-order valence-electron chi connectivity index (χ3n) is 3.23. The molecule has 2 rings (SSSR count). The van der Waals surface area contributed by atoms with Gasteiger partial charge in [0.05, 0.1) is 15.5 Å². The number of carbonyl (C=O) groups is 2. The molecule has 6 nitrogen and oxygen atoms in total. The van der Waals surface area contributed by atoms with Crippen molar-refractivity contribution in [3.05, 3.63) is 28.8 Å². The highest BCUT2D eigenvalue weighted by molar-refractivity contribution is 7.89. The Labute approximate surface area is 127 Å². The van der Waals surface area contributed by atoms with Crippen LogP contribution in [-0.4, -0.2) is 26.3 Å². The van der Waals surface area contributed by atoms with Crippen LogP contribution in [0.15, 0.2) is 23.1 Å². The highest BCUT2D eigenvalue weighted by Gasteiger charge is 2.27. The van der Waals surface area contributed by atoms with Gasteiger partial charge in [-0.15, -0.1) is 0 Å². The maximum atomic E-state index is 12.1. The van der Waals surface area contributed by atoms with Gasteiger partial charge in [-0.3, -0.25) is 4.79 Å². The molecule has 0 aliphatic heterocycles. The van der Waals surface area contributed by atoms with Crippen LogP contribution in [0.1, 0.15) is 36.0 Å². The van der Waals surface area contributed by atoms with Crippen molar-refractivity contribution in [2.75, 3.05) is 0 Å². The summed E-state index contributed by atoms with van der Waals surface area (Å²) in [4.78, 5) is 23.5. The number of sulfonamides is 1. The number of hydrogen-bond donors (Lipinski definition) is 1. The summed E-state index contributed by atoms with van der Waals surface area (Å²) in [5.74, 6) is -0.959. The normalized spacial score (nSPS) is 19.3. The van der Waals surface area contributed by atoms with E-state index in [-0.39, 0.29) is 21.3 Å². The second-order valence-electron chi connectivity index (χ2n) is 4.79. The molecule has 114 valence electrons. The smallest absolute Gasteiger partial charge is 0.340 e. The Morgan fingerprint density at radius 3 is 2.67 bits per heavy atom. The molecule has 2 N–H and O–H groups in total. The van der Waals surface area contributed by atoms with Gasteiger partial charge in [0.15, 0.2) is 11.9 Å². The number of ketones is 1. The molecule has 0 radical (unpaired) electrons. The second kappa shape index (κ2) is 6.13. The van der Waals surface area contributed by atoms with Crippen LogP contribution in [0.25, 0.3) is 0 Å². The molecule has 1 fully saturated rings. The van der Waals surface area contributed by atoms with Crippen LogP contribution in [0.3, 0.4) is 0 Å². The molecule has 1 aliphatic rings. The number of Topliss-reactive ketones (excluding diaryl/α,β-unsaturated/α-hetero) is 1. The van der Waals surface area contributed by atoms with E-state index in [1.54, 1.807) is 0 Å². The zero-order chi connectivity index (χ0) is 15.6. The molecule has 1 atom stereocenters. The summed E-state index contributed by atoms with van der Waals surface area (Å²) in [6.45, 7) is 0. The third kappa shape index (κ3) is 3.81. The van der Waals surface area contributed by atoms with Gasteiger partial charge in [-0.05, 0) is 37.5 Å². The average Bonchev–Trinajstić information content (AvgIpc) is 2.40. The maximum Gasteiger partial charge on any atom is 0.340 e. The summed E-state index contributed by atoms with van der Waals surface area (Å²) in [5, 5.41) is 5.04. The number of primary sulfonamides is 1. The number of hydrogen-bond acceptors (Lipinski definition) is 5. The van der Waals surface area contributed by atoms with Crippen LogP contribution in [0, 0.1) is 0 Å². The lowest BCUT2D eigenvalue weighted by atomic mass is 9.96. The van der Waals surface area contributed by atoms with Crippen LogP contribution in [0.5, 0.6) is 0 Å². The van der Waals surface area contributed by atoms with Crippen molar-refractivity contribution < 1.29 is 22.7 Å². The number of nitrogens with two attached hydrogens (primary N) is 1. The zero-order valence-electron chi connectivity index (χ0n) is 11.0. The first kappa shape index (κ1) is 15.9. The Morgan fingerprint density at radius 1 is 1.33 bits per heavy atom. The van der Waals surface area contributed by atoms with Gasteiger partial charge in [-0.25, -0.2) is 18.4 Å². The SMILES string of the molecule is NS(=O)(=O)c1ccc(Cl)c(C(=O)O[C@@H]2CCCCC2=O)c1. The summed E-state index contributed by atoms with van der Waals surface area (Å²) in [6, 6.07) is 3.49. The zero-order valence-corrected chi connectivity index (χ0v) is 12.6. The fraction of sp³-hybridized carbons (Fsp3) is 0.385. The van der Waals surface area contributed by atoms with Crippen molar-refractivity contribution >= 4 is 33.4 Å². The van der Waals surface area contributed by atoms with E-state index in [4.69, 9.17) is 21.5 Å². The van der Waals surface area contributed by atoms with E-state index in [1.807, 2.05) is 0 Å². The molecule has 21 heavy (non-hydrogen) atoms. The second-order valence-corrected chi connectivity index (χ2v) is 6.76. The largest absolute Gasteiger partial charge is 0.451 e. The molecule has 0 unspecified atom stereocenters. The first-order chi connectivity index (χ1) is 9.79. The fourth-order valence-corrected chi connectivity index (χ4v) is 2.84. The number of benzene rings is 1. The first-order valence-corrected chi connectivity index (χ1v) is 8.27. The Hall–Kier alpha value is -1.44. The summed E-state index contributed by atoms with van der Waals surface area (Å²) >= 11 is 5.87. The van der Waals surface area contributed by atoms with Gasteiger partial charge in [0.25, 0.3) is 0 Å². The standard InChI is InChI=1S/C13H14ClNO5S/c14-10-6-5-8(21(15,18)19)7-9(10)13(17)20-12-4-2-1-3-11(12)16/h5-7,12H,1-4H2,(H2,15,18,19)/t12-/m1/s1. The first-order valence-electron chi connectivity index (χ1n) is 6.35. The van der Waals surface area contributed by atoms with Crippen LogP contribution in [0.2, 0.25) is 5.02 Å². The van der Waals surface area contributed by atoms with E-state index < -0.39 is 22.1 Å². The molecule has 0 bridgehead atoms. The highest BCUT2D eigenvalue weighted by Crippen LogP contribution is 2.23. The monoisotopic (exact) mass is 331 g/mol. The lowest BCUT2D eigenvalue weighted by molar-refractivity contribution is -0.129. The van der Waals surface area contributed by atoms with Gasteiger partial charge < -0.3 is 4.74 Å². The predicted octanol–water partition coefficient (Wildman–Crippen LogP) is 1.66. The van der Waals surface area contributed by atoms with Gasteiger partial charge >= 0.3 is 5.97 Å². The lowest BCUT2D eigenvalue weighted by Gasteiger charge is -2.20. The molecule has 1 aromatic carbocycles. The minimum atomic E-state index is -3.95. The van der Waals surface area contributed by atoms with Gasteiger partial charge in [0.2, 0.25) is 10.0 Å². The van der Waals surface area contributed by atoms with Gasteiger partial charge in [-0.2, -0.15) is 0 Å². The molecule has 0 heterocycles. The molecule has 0 amide bonds. The minimum absolute atomic E-state index is 0.0376. The van der Waals surface area contributed by atoms with Crippen molar-refractivity contribution in [1.82, 2.24) is 0 Å². The van der Waals surface area contributed by atoms with E-state index in [1.165, 1.54) is 12.1 Å². The topological polar surface area (TPSA) is 104 Å². The Morgan fingerprint density at radius 2 is 2.05 bits per heavy atom. The van der Waals surface area contributed by atoms with Crippen molar-refractivity contribution in [2.24, 2.45) is 5.14 Å². The quantitative estimate of drug-likeness (QED) is 0.848. The van der Waals surface area contributed by atoms with Crippen molar-refractivity contribution in [3.8, 4) is 0 Å². The number of ether oxygens (including phenoxy) is 1. The Kier molecular flexibility index (Phi) is 4.65. The molecule has 8 heteroatoms. The van der Waals surface area contributed by atoms with Crippen molar-refractivity contribution in [2.45, 2.75) is 36.7 Å². The summed E-state index contributed by atoms with van der Waals surface area (Å²) in [7, 11) is -3.95. The molecule has 0 aromatic heterocycles. The molecule has 1 aromatic rings. The number of esters is 1. The van der Waals surface area contributed by atoms with Gasteiger partial charge in [0.1, 0.15) is 0 Å². The van der Waals surface area contributed by atoms with Crippen LogP contribution < -0.4 is 5.14 Å². The van der Waals surface area contributed by atoms with E-state index in [9.17, 15) is 18.0 Å². The average molecular weight is 332 g/mol. The van der Waals surface area contributed by atoms with E-state index in [0.717, 1.165) is 18.9 Å². The lowest BCUT2D eigenvalue weighted by Crippen LogP contribution is -2.30. The number of carbonyl (C=O) groups excluding carboxylic acids is 2. The van der Waals surface area contributed by atoms with Crippen LogP contribution >= 0.6 is 11.6 Å². The van der Waals surface area contributed by atoms with E-state index in [2.05, 4.69) is 0 Å². The molecule has 1 saturated carbocycles. The van der Waals surface area contributed by atoms with Crippen LogP contribution in [-0.2, 0) is 19.6 Å². The summed E-state index contributed by atoms with van der Waals surface area (Å²) in [6.07, 6.45) is 1.64. The Balaban J connectivity index is 2.24. The molecule has 0 saturated heterocycles. The highest BCUT2D eigenvalue weighted by atomic mass is 35.5. The molecular formula is C13H14ClNO5S. The Bertz CT molecular complexity index is 686. The van der Waals surface area contributed by atoms with Crippen molar-refractivity contribution in [3.63, 3.8) is 0 Å². The van der Waals surface area contributed by atoms with Crippen LogP contribution in [0.4, 0.5) is 0 Å². The summed E-state index contributed by atoms with van der Waals surface area (Å²) in [5.41, 5.74) is -0.124. The number of halogens is 1. The fourth-order valence-electron chi connectivity index (χ4n) is 2.11. The molecular weight excluding hydrogens is 318 g/mol. The van der Waals surface area contributed by atoms with E-state index >= 15 is 0 Å². The van der Waals surface area contributed by atoms with Crippen molar-refractivity contribution in [1.29, 1.82) is 0 Å². The third-order valence-corrected chi connectivity index (χ3v) is 4.47. The molecule has 0 spiro atoms. The predicted molar refractivity (Wildman–Crippen MR) is 75.5 cm³/mol. The maximum absolute atomic E-state index is 12.1. The number of rotatable bonds is 3. The minimum Gasteiger partial charge on any atom is -0.451 e.